The Morgan fingerprint density at radius 1 is 1.31 bits per heavy atom. The third-order valence-corrected chi connectivity index (χ3v) is 2.50. The van der Waals surface area contributed by atoms with Gasteiger partial charge in [-0.25, -0.2) is 0 Å². The van der Waals surface area contributed by atoms with Gasteiger partial charge in [0.25, 0.3) is 0 Å². The Morgan fingerprint density at radius 3 is 2.69 bits per heavy atom. The highest BCUT2D eigenvalue weighted by Gasteiger charge is 2.04. The number of benzene rings is 1. The first-order valence-corrected chi connectivity index (χ1v) is 5.45. The van der Waals surface area contributed by atoms with Gasteiger partial charge in [0.2, 0.25) is 0 Å². The van der Waals surface area contributed by atoms with Crippen molar-refractivity contribution in [2.24, 2.45) is 5.73 Å². The summed E-state index contributed by atoms with van der Waals surface area (Å²) in [4.78, 5) is 0. The maximum atomic E-state index is 5.72. The summed E-state index contributed by atoms with van der Waals surface area (Å²) in [6.45, 7) is 2.75. The molecule has 0 aliphatic carbocycles. The summed E-state index contributed by atoms with van der Waals surface area (Å²) < 4.78 is 1.84. The molecule has 16 heavy (non-hydrogen) atoms. The Bertz CT molecular complexity index is 433. The fraction of sp³-hybridized carbons (Fsp3) is 0.333. The van der Waals surface area contributed by atoms with Gasteiger partial charge in [0.1, 0.15) is 0 Å². The smallest absolute Gasteiger partial charge is 0.0991 e. The van der Waals surface area contributed by atoms with Crippen molar-refractivity contribution in [3.05, 3.63) is 47.8 Å². The molecule has 0 fully saturated rings. The second-order valence-corrected chi connectivity index (χ2v) is 3.93. The lowest BCUT2D eigenvalue weighted by Crippen LogP contribution is -2.05. The van der Waals surface area contributed by atoms with E-state index in [0.29, 0.717) is 0 Å². The molecule has 4 nitrogen and oxygen atoms in total. The van der Waals surface area contributed by atoms with Gasteiger partial charge in [0.05, 0.1) is 11.9 Å². The third kappa shape index (κ3) is 2.67. The quantitative estimate of drug-likeness (QED) is 0.843. The summed E-state index contributed by atoms with van der Waals surface area (Å²) in [5.41, 5.74) is 7.87. The van der Waals surface area contributed by atoms with E-state index >= 15 is 0 Å². The molecule has 84 valence electrons. The van der Waals surface area contributed by atoms with E-state index < -0.39 is 0 Å². The van der Waals surface area contributed by atoms with Crippen LogP contribution in [0.2, 0.25) is 0 Å². The number of rotatable bonds is 4. The van der Waals surface area contributed by atoms with Crippen molar-refractivity contribution >= 4 is 0 Å². The van der Waals surface area contributed by atoms with Crippen LogP contribution >= 0.6 is 0 Å². The molecule has 0 radical (unpaired) electrons. The molecule has 1 atom stereocenters. The van der Waals surface area contributed by atoms with E-state index in [4.69, 9.17) is 5.73 Å². The maximum Gasteiger partial charge on any atom is 0.0991 e. The molecule has 0 saturated carbocycles. The maximum absolute atomic E-state index is 5.72. The topological polar surface area (TPSA) is 56.7 Å². The number of aryl methyl sites for hydroxylation is 2. The second-order valence-electron chi connectivity index (χ2n) is 3.93. The Hall–Kier alpha value is -1.68. The van der Waals surface area contributed by atoms with Gasteiger partial charge in [0.15, 0.2) is 0 Å². The van der Waals surface area contributed by atoms with E-state index in [1.165, 1.54) is 5.56 Å². The van der Waals surface area contributed by atoms with Gasteiger partial charge in [-0.2, -0.15) is 0 Å². The number of hydrogen-bond donors (Lipinski definition) is 1. The van der Waals surface area contributed by atoms with Gasteiger partial charge in [-0.3, -0.25) is 4.68 Å². The van der Waals surface area contributed by atoms with E-state index in [9.17, 15) is 0 Å². The molecule has 2 aromatic rings. The zero-order valence-electron chi connectivity index (χ0n) is 9.37. The highest BCUT2D eigenvalue weighted by Crippen LogP contribution is 2.05. The van der Waals surface area contributed by atoms with Crippen LogP contribution < -0.4 is 5.73 Å². The third-order valence-electron chi connectivity index (χ3n) is 2.50. The fourth-order valence-electron chi connectivity index (χ4n) is 1.52. The molecular formula is C12H16N4. The zero-order chi connectivity index (χ0) is 11.4. The van der Waals surface area contributed by atoms with Crippen molar-refractivity contribution in [1.82, 2.24) is 15.0 Å². The molecule has 2 N–H and O–H groups in total. The first-order chi connectivity index (χ1) is 7.75. The van der Waals surface area contributed by atoms with E-state index in [-0.39, 0.29) is 6.04 Å². The average Bonchev–Trinajstić information content (AvgIpc) is 2.76. The Balaban J connectivity index is 1.95. The molecular weight excluding hydrogens is 200 g/mol. The lowest BCUT2D eigenvalue weighted by molar-refractivity contribution is 0.589. The average molecular weight is 216 g/mol. The van der Waals surface area contributed by atoms with Crippen LogP contribution in [-0.4, -0.2) is 15.0 Å². The lowest BCUT2D eigenvalue weighted by atomic mass is 10.1. The number of nitrogens with two attached hydrogens (primary N) is 1. The Kier molecular flexibility index (Phi) is 3.31. The van der Waals surface area contributed by atoms with Gasteiger partial charge in [0, 0.05) is 12.6 Å². The van der Waals surface area contributed by atoms with Crippen molar-refractivity contribution in [2.75, 3.05) is 0 Å². The summed E-state index contributed by atoms with van der Waals surface area (Å²) >= 11 is 0. The molecule has 4 heteroatoms. The molecule has 1 heterocycles. The predicted molar refractivity (Wildman–Crippen MR) is 62.8 cm³/mol. The number of hydrogen-bond acceptors (Lipinski definition) is 3. The molecule has 0 bridgehead atoms. The van der Waals surface area contributed by atoms with Crippen molar-refractivity contribution in [3.63, 3.8) is 0 Å². The minimum Gasteiger partial charge on any atom is -0.323 e. The summed E-state index contributed by atoms with van der Waals surface area (Å²) in [6.07, 6.45) is 2.87. The van der Waals surface area contributed by atoms with Gasteiger partial charge in [-0.05, 0) is 18.9 Å². The molecule has 0 aliphatic heterocycles. The predicted octanol–water partition coefficient (Wildman–Crippen LogP) is 1.54. The van der Waals surface area contributed by atoms with Gasteiger partial charge in [-0.1, -0.05) is 35.5 Å². The standard InChI is InChI=1S/C12H16N4/c1-10(13)12-9-16(15-14-12)8-7-11-5-3-2-4-6-11/h2-6,9-10H,7-8,13H2,1H3. The lowest BCUT2D eigenvalue weighted by Gasteiger charge is -2.00. The normalized spacial score (nSPS) is 12.6. The van der Waals surface area contributed by atoms with Gasteiger partial charge < -0.3 is 5.73 Å². The Morgan fingerprint density at radius 2 is 2.06 bits per heavy atom. The van der Waals surface area contributed by atoms with Crippen LogP contribution in [0.5, 0.6) is 0 Å². The van der Waals surface area contributed by atoms with Gasteiger partial charge >= 0.3 is 0 Å². The van der Waals surface area contributed by atoms with Crippen LogP contribution in [0, 0.1) is 0 Å². The van der Waals surface area contributed by atoms with Crippen LogP contribution in [0.3, 0.4) is 0 Å². The van der Waals surface area contributed by atoms with Crippen LogP contribution in [0.15, 0.2) is 36.5 Å². The van der Waals surface area contributed by atoms with Crippen molar-refractivity contribution in [2.45, 2.75) is 25.9 Å². The Labute approximate surface area is 95.1 Å². The number of aromatic nitrogens is 3. The molecule has 0 aliphatic rings. The number of nitrogens with zero attached hydrogens (tertiary/aromatic N) is 3. The van der Waals surface area contributed by atoms with E-state index in [0.717, 1.165) is 18.7 Å². The summed E-state index contributed by atoms with van der Waals surface area (Å²) in [7, 11) is 0. The van der Waals surface area contributed by atoms with Crippen molar-refractivity contribution in [1.29, 1.82) is 0 Å². The highest BCUT2D eigenvalue weighted by molar-refractivity contribution is 5.14. The molecule has 0 spiro atoms. The summed E-state index contributed by atoms with van der Waals surface area (Å²) in [5.74, 6) is 0. The van der Waals surface area contributed by atoms with Crippen LogP contribution in [0.25, 0.3) is 0 Å². The SMILES string of the molecule is CC(N)c1cn(CCc2ccccc2)nn1. The molecule has 1 aromatic heterocycles. The largest absolute Gasteiger partial charge is 0.323 e. The van der Waals surface area contributed by atoms with Gasteiger partial charge in [-0.15, -0.1) is 5.10 Å². The molecule has 1 aromatic carbocycles. The van der Waals surface area contributed by atoms with Crippen LogP contribution in [0.4, 0.5) is 0 Å². The van der Waals surface area contributed by atoms with E-state index in [1.807, 2.05) is 36.0 Å². The second kappa shape index (κ2) is 4.90. The molecule has 0 saturated heterocycles. The first kappa shape index (κ1) is 10.8. The minimum absolute atomic E-state index is 0.0505. The highest BCUT2D eigenvalue weighted by atomic mass is 15.4. The minimum atomic E-state index is -0.0505. The van der Waals surface area contributed by atoms with E-state index in [1.54, 1.807) is 0 Å². The van der Waals surface area contributed by atoms with E-state index in [2.05, 4.69) is 22.4 Å². The fourth-order valence-corrected chi connectivity index (χ4v) is 1.52. The molecule has 1 unspecified atom stereocenters. The van der Waals surface area contributed by atoms with Crippen molar-refractivity contribution < 1.29 is 0 Å². The van der Waals surface area contributed by atoms with Crippen LogP contribution in [0.1, 0.15) is 24.2 Å². The van der Waals surface area contributed by atoms with Crippen LogP contribution in [-0.2, 0) is 13.0 Å². The summed E-state index contributed by atoms with van der Waals surface area (Å²) in [5, 5.41) is 8.06. The zero-order valence-corrected chi connectivity index (χ0v) is 9.37. The summed E-state index contributed by atoms with van der Waals surface area (Å²) in [6, 6.07) is 10.3. The molecule has 2 rings (SSSR count). The van der Waals surface area contributed by atoms with Crippen molar-refractivity contribution in [3.8, 4) is 0 Å². The monoisotopic (exact) mass is 216 g/mol. The molecule has 0 amide bonds. The first-order valence-electron chi connectivity index (χ1n) is 5.45.